The van der Waals surface area contributed by atoms with Gasteiger partial charge in [0.15, 0.2) is 0 Å². The normalized spacial score (nSPS) is 21.4. The Kier molecular flexibility index (Phi) is 5.58. The van der Waals surface area contributed by atoms with Gasteiger partial charge in [0.05, 0.1) is 6.54 Å². The highest BCUT2D eigenvalue weighted by atomic mass is 32.1. The Balaban J connectivity index is 1.39. The Morgan fingerprint density at radius 1 is 1.36 bits per heavy atom. The fourth-order valence-corrected chi connectivity index (χ4v) is 4.50. The first-order valence-corrected chi connectivity index (χ1v) is 9.74. The van der Waals surface area contributed by atoms with Crippen molar-refractivity contribution in [1.82, 2.24) is 25.4 Å². The molecule has 2 aliphatic rings. The van der Waals surface area contributed by atoms with Crippen molar-refractivity contribution in [2.24, 2.45) is 5.41 Å². The predicted molar refractivity (Wildman–Crippen MR) is 97.3 cm³/mol. The lowest BCUT2D eigenvalue weighted by atomic mass is 9.92. The third kappa shape index (κ3) is 4.49. The van der Waals surface area contributed by atoms with Gasteiger partial charge in [0.2, 0.25) is 5.91 Å². The number of likely N-dealkylation sites (tertiary alicyclic amines) is 1. The second-order valence-electron chi connectivity index (χ2n) is 7.13. The molecule has 8 heteroatoms. The molecule has 2 N–H and O–H groups in total. The molecule has 0 bridgehead atoms. The van der Waals surface area contributed by atoms with Crippen molar-refractivity contribution >= 4 is 23.3 Å². The van der Waals surface area contributed by atoms with E-state index in [9.17, 15) is 9.59 Å². The molecule has 1 aliphatic carbocycles. The minimum Gasteiger partial charge on any atom is -0.355 e. The maximum absolute atomic E-state index is 12.2. The van der Waals surface area contributed by atoms with Crippen LogP contribution in [0.4, 0.5) is 4.79 Å². The Bertz CT molecular complexity index is 598. The molecule has 25 heavy (non-hydrogen) atoms. The van der Waals surface area contributed by atoms with Gasteiger partial charge >= 0.3 is 6.03 Å². The van der Waals surface area contributed by atoms with Crippen LogP contribution in [0.15, 0.2) is 11.6 Å². The van der Waals surface area contributed by atoms with Crippen molar-refractivity contribution in [2.45, 2.75) is 38.8 Å². The van der Waals surface area contributed by atoms with E-state index in [-0.39, 0.29) is 11.9 Å². The van der Waals surface area contributed by atoms with Crippen LogP contribution in [0, 0.1) is 5.41 Å². The molecule has 3 rings (SSSR count). The Morgan fingerprint density at radius 2 is 2.08 bits per heavy atom. The fraction of sp³-hybridized carbons (Fsp3) is 0.706. The quantitative estimate of drug-likeness (QED) is 0.745. The lowest BCUT2D eigenvalue weighted by molar-refractivity contribution is -0.118. The standard InChI is InChI=1S/C17H27N5O2S/c1-13(23)18-5-6-20-16(24)22-8-3-17(4-9-22)11-14(17)21(2)12-15-19-7-10-25-15/h7,10,14H,3-6,8-9,11-12H2,1-2H3,(H,18,23)(H,20,24). The summed E-state index contributed by atoms with van der Waals surface area (Å²) in [6.07, 6.45) is 5.23. The smallest absolute Gasteiger partial charge is 0.317 e. The van der Waals surface area contributed by atoms with Gasteiger partial charge in [0.1, 0.15) is 5.01 Å². The summed E-state index contributed by atoms with van der Waals surface area (Å²) in [4.78, 5) is 31.7. The van der Waals surface area contributed by atoms with Gasteiger partial charge in [-0.05, 0) is 31.7 Å². The molecular weight excluding hydrogens is 338 g/mol. The molecule has 1 aliphatic heterocycles. The van der Waals surface area contributed by atoms with Crippen LogP contribution in [0.5, 0.6) is 0 Å². The van der Waals surface area contributed by atoms with Gasteiger partial charge in [-0.15, -0.1) is 11.3 Å². The van der Waals surface area contributed by atoms with E-state index in [1.165, 1.54) is 18.4 Å². The molecule has 3 amide bonds. The van der Waals surface area contributed by atoms with E-state index in [4.69, 9.17) is 0 Å². The summed E-state index contributed by atoms with van der Waals surface area (Å²) in [7, 11) is 2.18. The number of piperidine rings is 1. The van der Waals surface area contributed by atoms with Crippen LogP contribution >= 0.6 is 11.3 Å². The molecule has 1 saturated heterocycles. The maximum Gasteiger partial charge on any atom is 0.317 e. The Morgan fingerprint density at radius 3 is 2.72 bits per heavy atom. The van der Waals surface area contributed by atoms with E-state index in [2.05, 4.69) is 27.6 Å². The van der Waals surface area contributed by atoms with Crippen molar-refractivity contribution in [3.8, 4) is 0 Å². The molecule has 7 nitrogen and oxygen atoms in total. The zero-order chi connectivity index (χ0) is 17.9. The summed E-state index contributed by atoms with van der Waals surface area (Å²) in [5.74, 6) is -0.0733. The first-order valence-electron chi connectivity index (χ1n) is 8.86. The van der Waals surface area contributed by atoms with E-state index in [0.717, 1.165) is 32.5 Å². The lowest BCUT2D eigenvalue weighted by Crippen LogP contribution is -2.47. The fourth-order valence-electron chi connectivity index (χ4n) is 3.82. The Hall–Kier alpha value is -1.67. The predicted octanol–water partition coefficient (Wildman–Crippen LogP) is 1.28. The second-order valence-corrected chi connectivity index (χ2v) is 8.10. The highest BCUT2D eigenvalue weighted by Gasteiger charge is 2.56. The maximum atomic E-state index is 12.2. The number of thiazole rings is 1. The largest absolute Gasteiger partial charge is 0.355 e. The molecule has 1 aromatic heterocycles. The first kappa shape index (κ1) is 18.1. The molecule has 2 heterocycles. The van der Waals surface area contributed by atoms with Crippen LogP contribution in [0.3, 0.4) is 0 Å². The molecule has 1 unspecified atom stereocenters. The average Bonchev–Trinajstić information content (AvgIpc) is 3.03. The van der Waals surface area contributed by atoms with Crippen LogP contribution in [-0.4, -0.2) is 66.0 Å². The third-order valence-corrected chi connectivity index (χ3v) is 6.13. The minimum absolute atomic E-state index is 0.0199. The average molecular weight is 366 g/mol. The highest BCUT2D eigenvalue weighted by Crippen LogP contribution is 2.56. The summed E-state index contributed by atoms with van der Waals surface area (Å²) in [6.45, 7) is 4.96. The van der Waals surface area contributed by atoms with Crippen LogP contribution in [0.25, 0.3) is 0 Å². The van der Waals surface area contributed by atoms with E-state index in [1.807, 2.05) is 16.5 Å². The molecule has 138 valence electrons. The second kappa shape index (κ2) is 7.70. The highest BCUT2D eigenvalue weighted by molar-refractivity contribution is 7.09. The molecule has 1 atom stereocenters. The summed E-state index contributed by atoms with van der Waals surface area (Å²) in [5, 5.41) is 8.75. The third-order valence-electron chi connectivity index (χ3n) is 5.37. The molecule has 2 fully saturated rings. The molecule has 0 aromatic carbocycles. The van der Waals surface area contributed by atoms with Crippen LogP contribution in [-0.2, 0) is 11.3 Å². The van der Waals surface area contributed by atoms with Crippen molar-refractivity contribution < 1.29 is 9.59 Å². The van der Waals surface area contributed by atoms with Crippen LogP contribution in [0.2, 0.25) is 0 Å². The van der Waals surface area contributed by atoms with Crippen molar-refractivity contribution in [3.63, 3.8) is 0 Å². The number of carbonyl (C=O) groups excluding carboxylic acids is 2. The zero-order valence-corrected chi connectivity index (χ0v) is 15.8. The summed E-state index contributed by atoms with van der Waals surface area (Å²) in [6, 6.07) is 0.593. The van der Waals surface area contributed by atoms with Gasteiger partial charge in [0, 0.05) is 50.7 Å². The topological polar surface area (TPSA) is 77.6 Å². The number of nitrogens with one attached hydrogen (secondary N) is 2. The SMILES string of the molecule is CC(=O)NCCNC(=O)N1CCC2(CC1)CC2N(C)Cc1nccs1. The number of hydrogen-bond acceptors (Lipinski definition) is 5. The number of rotatable bonds is 6. The molecule has 1 spiro atoms. The number of aromatic nitrogens is 1. The van der Waals surface area contributed by atoms with Crippen LogP contribution in [0.1, 0.15) is 31.2 Å². The van der Waals surface area contributed by atoms with Gasteiger partial charge in [0.25, 0.3) is 0 Å². The van der Waals surface area contributed by atoms with E-state index < -0.39 is 0 Å². The van der Waals surface area contributed by atoms with Gasteiger partial charge in [-0.3, -0.25) is 9.69 Å². The van der Waals surface area contributed by atoms with E-state index >= 15 is 0 Å². The zero-order valence-electron chi connectivity index (χ0n) is 15.0. The monoisotopic (exact) mass is 365 g/mol. The van der Waals surface area contributed by atoms with E-state index in [1.54, 1.807) is 11.3 Å². The van der Waals surface area contributed by atoms with E-state index in [0.29, 0.717) is 24.5 Å². The van der Waals surface area contributed by atoms with Crippen molar-refractivity contribution in [1.29, 1.82) is 0 Å². The number of hydrogen-bond donors (Lipinski definition) is 2. The summed E-state index contributed by atoms with van der Waals surface area (Å²) >= 11 is 1.71. The van der Waals surface area contributed by atoms with Crippen LogP contribution < -0.4 is 10.6 Å². The molecular formula is C17H27N5O2S. The first-order chi connectivity index (χ1) is 12.0. The molecule has 1 aromatic rings. The van der Waals surface area contributed by atoms with Gasteiger partial charge in [-0.1, -0.05) is 0 Å². The van der Waals surface area contributed by atoms with Gasteiger partial charge in [-0.2, -0.15) is 0 Å². The van der Waals surface area contributed by atoms with Gasteiger partial charge in [-0.25, -0.2) is 9.78 Å². The number of nitrogens with zero attached hydrogens (tertiary/aromatic N) is 3. The lowest BCUT2D eigenvalue weighted by Gasteiger charge is -2.34. The minimum atomic E-state index is -0.0733. The number of carbonyl (C=O) groups is 2. The van der Waals surface area contributed by atoms with Gasteiger partial charge < -0.3 is 15.5 Å². The number of amides is 3. The summed E-state index contributed by atoms with van der Waals surface area (Å²) < 4.78 is 0. The van der Waals surface area contributed by atoms with Crippen molar-refractivity contribution in [3.05, 3.63) is 16.6 Å². The summed E-state index contributed by atoms with van der Waals surface area (Å²) in [5.41, 5.74) is 0.388. The van der Waals surface area contributed by atoms with Crippen molar-refractivity contribution in [2.75, 3.05) is 33.2 Å². The molecule has 0 radical (unpaired) electrons. The molecule has 1 saturated carbocycles. The number of urea groups is 1. The Labute approximate surface area is 152 Å².